The summed E-state index contributed by atoms with van der Waals surface area (Å²) < 4.78 is 5.79. The molecule has 0 aromatic rings. The van der Waals surface area contributed by atoms with Gasteiger partial charge in [-0.1, -0.05) is 6.42 Å². The number of likely N-dealkylation sites (tertiary alicyclic amines) is 2. The minimum absolute atomic E-state index is 0. The molecule has 0 radical (unpaired) electrons. The van der Waals surface area contributed by atoms with Gasteiger partial charge in [0.2, 0.25) is 0 Å². The second-order valence-corrected chi connectivity index (χ2v) is 6.75. The highest BCUT2D eigenvalue weighted by Crippen LogP contribution is 2.26. The summed E-state index contributed by atoms with van der Waals surface area (Å²) in [4.78, 5) is 17.3. The third-order valence-electron chi connectivity index (χ3n) is 5.22. The second kappa shape index (κ2) is 10.0. The number of ether oxygens (including phenoxy) is 1. The molecule has 3 rings (SSSR count). The van der Waals surface area contributed by atoms with Gasteiger partial charge in [0.25, 0.3) is 5.91 Å². The highest BCUT2D eigenvalue weighted by Gasteiger charge is 2.38. The molecule has 3 aliphatic rings. The molecule has 1 amide bonds. The predicted octanol–water partition coefficient (Wildman–Crippen LogP) is 1.81. The molecule has 0 spiro atoms. The van der Waals surface area contributed by atoms with Crippen molar-refractivity contribution in [2.24, 2.45) is 5.73 Å². The minimum Gasteiger partial charge on any atom is -0.364 e. The van der Waals surface area contributed by atoms with E-state index in [1.54, 1.807) is 0 Å². The predicted molar refractivity (Wildman–Crippen MR) is 96.5 cm³/mol. The zero-order valence-electron chi connectivity index (χ0n) is 13.8. The summed E-state index contributed by atoms with van der Waals surface area (Å²) >= 11 is 0. The number of nitrogens with two attached hydrogens (primary N) is 1. The Balaban J connectivity index is 0.00000132. The number of carbonyl (C=O) groups excluding carboxylic acids is 1. The van der Waals surface area contributed by atoms with Gasteiger partial charge in [0.05, 0.1) is 6.10 Å². The summed E-state index contributed by atoms with van der Waals surface area (Å²) in [5.41, 5.74) is 5.64. The second-order valence-electron chi connectivity index (χ2n) is 6.75. The topological polar surface area (TPSA) is 58.8 Å². The van der Waals surface area contributed by atoms with Crippen LogP contribution in [-0.4, -0.2) is 66.7 Å². The maximum atomic E-state index is 12.7. The number of amides is 1. The van der Waals surface area contributed by atoms with Crippen LogP contribution in [0.25, 0.3) is 0 Å². The summed E-state index contributed by atoms with van der Waals surface area (Å²) in [6.45, 7) is 4.89. The summed E-state index contributed by atoms with van der Waals surface area (Å²) in [5.74, 6) is 0.213. The molecule has 2 N–H and O–H groups in total. The van der Waals surface area contributed by atoms with E-state index in [2.05, 4.69) is 9.80 Å². The number of piperidine rings is 1. The Bertz CT molecular complexity index is 367. The molecule has 136 valence electrons. The summed E-state index contributed by atoms with van der Waals surface area (Å²) in [6, 6.07) is 0.399. The molecular formula is C16H31Cl2N3O2. The van der Waals surface area contributed by atoms with Crippen molar-refractivity contribution in [2.45, 2.75) is 63.2 Å². The van der Waals surface area contributed by atoms with Crippen molar-refractivity contribution < 1.29 is 9.53 Å². The zero-order chi connectivity index (χ0) is 14.7. The summed E-state index contributed by atoms with van der Waals surface area (Å²) in [6.07, 6.45) is 7.88. The van der Waals surface area contributed by atoms with Crippen LogP contribution in [0.3, 0.4) is 0 Å². The Morgan fingerprint density at radius 2 is 1.74 bits per heavy atom. The SMILES string of the molecule is Cl.Cl.NC[C@H]1CC[C@@H](C(=O)N2CCCC2CN2CCCCC2)O1. The van der Waals surface area contributed by atoms with Gasteiger partial charge in [0.15, 0.2) is 0 Å². The maximum absolute atomic E-state index is 12.7. The van der Waals surface area contributed by atoms with E-state index in [1.165, 1.54) is 32.4 Å². The van der Waals surface area contributed by atoms with Crippen molar-refractivity contribution in [1.29, 1.82) is 0 Å². The highest BCUT2D eigenvalue weighted by molar-refractivity contribution is 5.85. The third kappa shape index (κ3) is 5.20. The van der Waals surface area contributed by atoms with Crippen LogP contribution in [0.15, 0.2) is 0 Å². The number of hydrogen-bond donors (Lipinski definition) is 1. The van der Waals surface area contributed by atoms with E-state index >= 15 is 0 Å². The van der Waals surface area contributed by atoms with Gasteiger partial charge in [-0.15, -0.1) is 24.8 Å². The molecule has 0 saturated carbocycles. The first-order valence-electron chi connectivity index (χ1n) is 8.66. The lowest BCUT2D eigenvalue weighted by Crippen LogP contribution is -2.48. The van der Waals surface area contributed by atoms with Crippen LogP contribution in [0.2, 0.25) is 0 Å². The van der Waals surface area contributed by atoms with Crippen molar-refractivity contribution in [3.8, 4) is 0 Å². The van der Waals surface area contributed by atoms with E-state index in [4.69, 9.17) is 10.5 Å². The molecule has 3 heterocycles. The maximum Gasteiger partial charge on any atom is 0.252 e. The molecule has 1 unspecified atom stereocenters. The molecule has 23 heavy (non-hydrogen) atoms. The van der Waals surface area contributed by atoms with E-state index in [0.717, 1.165) is 38.8 Å². The third-order valence-corrected chi connectivity index (χ3v) is 5.22. The fourth-order valence-corrected chi connectivity index (χ4v) is 4.00. The standard InChI is InChI=1S/C16H29N3O2.2ClH/c17-11-14-6-7-15(21-14)16(20)19-10-4-5-13(19)12-18-8-2-1-3-9-18;;/h13-15H,1-12,17H2;2*1H/t13?,14-,15+;;/m1../s1. The zero-order valence-corrected chi connectivity index (χ0v) is 15.5. The molecule has 0 bridgehead atoms. The summed E-state index contributed by atoms with van der Waals surface area (Å²) in [5, 5.41) is 0. The van der Waals surface area contributed by atoms with Crippen LogP contribution < -0.4 is 5.73 Å². The molecule has 5 nitrogen and oxygen atoms in total. The lowest BCUT2D eigenvalue weighted by molar-refractivity contribution is -0.144. The van der Waals surface area contributed by atoms with E-state index in [0.29, 0.717) is 12.6 Å². The average Bonchev–Trinajstić information content (AvgIpc) is 3.16. The van der Waals surface area contributed by atoms with Crippen LogP contribution in [-0.2, 0) is 9.53 Å². The van der Waals surface area contributed by atoms with E-state index in [9.17, 15) is 4.79 Å². The van der Waals surface area contributed by atoms with Crippen molar-refractivity contribution in [3.05, 3.63) is 0 Å². The van der Waals surface area contributed by atoms with Gasteiger partial charge in [-0.3, -0.25) is 4.79 Å². The van der Waals surface area contributed by atoms with Crippen LogP contribution in [0.1, 0.15) is 44.9 Å². The lowest BCUT2D eigenvalue weighted by Gasteiger charge is -2.33. The Morgan fingerprint density at radius 1 is 1.00 bits per heavy atom. The molecule has 0 aliphatic carbocycles. The van der Waals surface area contributed by atoms with Gasteiger partial charge in [0.1, 0.15) is 6.10 Å². The fraction of sp³-hybridized carbons (Fsp3) is 0.938. The lowest BCUT2D eigenvalue weighted by atomic mass is 10.1. The Morgan fingerprint density at radius 3 is 2.39 bits per heavy atom. The van der Waals surface area contributed by atoms with Gasteiger partial charge in [-0.05, 0) is 51.6 Å². The van der Waals surface area contributed by atoms with Gasteiger partial charge in [0, 0.05) is 25.7 Å². The first-order chi connectivity index (χ1) is 10.3. The van der Waals surface area contributed by atoms with E-state index in [1.807, 2.05) is 0 Å². The van der Waals surface area contributed by atoms with Gasteiger partial charge in [-0.2, -0.15) is 0 Å². The van der Waals surface area contributed by atoms with Gasteiger partial charge in [-0.25, -0.2) is 0 Å². The van der Waals surface area contributed by atoms with Crippen LogP contribution in [0, 0.1) is 0 Å². The highest BCUT2D eigenvalue weighted by atomic mass is 35.5. The Hall–Kier alpha value is -0.0700. The number of carbonyl (C=O) groups is 1. The average molecular weight is 368 g/mol. The van der Waals surface area contributed by atoms with Crippen molar-refractivity contribution in [2.75, 3.05) is 32.7 Å². The first-order valence-corrected chi connectivity index (χ1v) is 8.66. The van der Waals surface area contributed by atoms with Gasteiger partial charge < -0.3 is 20.3 Å². The molecule has 0 aromatic carbocycles. The number of rotatable bonds is 4. The van der Waals surface area contributed by atoms with Gasteiger partial charge >= 0.3 is 0 Å². The molecular weight excluding hydrogens is 337 g/mol. The molecule has 7 heteroatoms. The molecule has 0 aromatic heterocycles. The smallest absolute Gasteiger partial charge is 0.252 e. The molecule has 3 aliphatic heterocycles. The first kappa shape index (κ1) is 21.0. The largest absolute Gasteiger partial charge is 0.364 e. The summed E-state index contributed by atoms with van der Waals surface area (Å²) in [7, 11) is 0. The normalized spacial score (nSPS) is 31.5. The monoisotopic (exact) mass is 367 g/mol. The quantitative estimate of drug-likeness (QED) is 0.822. The van der Waals surface area contributed by atoms with Crippen LogP contribution >= 0.6 is 24.8 Å². The number of hydrogen-bond acceptors (Lipinski definition) is 4. The fourth-order valence-electron chi connectivity index (χ4n) is 4.00. The van der Waals surface area contributed by atoms with Crippen LogP contribution in [0.4, 0.5) is 0 Å². The van der Waals surface area contributed by atoms with Crippen molar-refractivity contribution >= 4 is 30.7 Å². The Labute approximate surface area is 152 Å². The van der Waals surface area contributed by atoms with E-state index < -0.39 is 0 Å². The molecule has 3 saturated heterocycles. The Kier molecular flexibility index (Phi) is 9.16. The number of halogens is 2. The van der Waals surface area contributed by atoms with Crippen molar-refractivity contribution in [1.82, 2.24) is 9.80 Å². The van der Waals surface area contributed by atoms with Crippen LogP contribution in [0.5, 0.6) is 0 Å². The number of nitrogens with zero attached hydrogens (tertiary/aromatic N) is 2. The van der Waals surface area contributed by atoms with Crippen molar-refractivity contribution in [3.63, 3.8) is 0 Å². The molecule has 3 fully saturated rings. The molecule has 3 atom stereocenters. The van der Waals surface area contributed by atoms with E-state index in [-0.39, 0.29) is 42.9 Å². The minimum atomic E-state index is -0.236.